The molecule has 0 bridgehead atoms. The Morgan fingerprint density at radius 1 is 1.47 bits per heavy atom. The van der Waals surface area contributed by atoms with E-state index >= 15 is 0 Å². The number of hydrogen-bond donors (Lipinski definition) is 3. The van der Waals surface area contributed by atoms with E-state index in [1.54, 1.807) is 0 Å². The number of nitrogens with two attached hydrogens (primary N) is 2. The lowest BCUT2D eigenvalue weighted by Crippen LogP contribution is -2.10. The van der Waals surface area contributed by atoms with Crippen LogP contribution >= 0.6 is 0 Å². The average molecular weight is 238 g/mol. The second kappa shape index (κ2) is 11.6. The summed E-state index contributed by atoms with van der Waals surface area (Å²) in [6.07, 6.45) is 2.07. The summed E-state index contributed by atoms with van der Waals surface area (Å²) in [6.45, 7) is 4.64. The summed E-state index contributed by atoms with van der Waals surface area (Å²) in [5.41, 5.74) is 9.93. The third-order valence-electron chi connectivity index (χ3n) is 1.49. The summed E-state index contributed by atoms with van der Waals surface area (Å²) in [5, 5.41) is 0. The lowest BCUT2D eigenvalue weighted by Gasteiger charge is -1.98. The molecule has 0 aliphatic heterocycles. The first kappa shape index (κ1) is 17.0. The number of carbonyl (C=O) groups is 1. The van der Waals surface area contributed by atoms with E-state index in [0.717, 1.165) is 6.42 Å². The highest BCUT2D eigenvalue weighted by Gasteiger charge is 1.96. The van der Waals surface area contributed by atoms with Crippen LogP contribution in [0.15, 0.2) is 0 Å². The van der Waals surface area contributed by atoms with Crippen LogP contribution in [0.1, 0.15) is 33.1 Å². The predicted molar refractivity (Wildman–Crippen MR) is 62.6 cm³/mol. The molecule has 0 saturated heterocycles. The molecule has 0 aromatic rings. The SMILES string of the molecule is CC(C)CCC(N)=O.NCCCS(=O)O. The van der Waals surface area contributed by atoms with Gasteiger partial charge in [-0.05, 0) is 25.3 Å². The van der Waals surface area contributed by atoms with Crippen molar-refractivity contribution >= 4 is 17.0 Å². The van der Waals surface area contributed by atoms with E-state index in [2.05, 4.69) is 13.8 Å². The molecule has 5 nitrogen and oxygen atoms in total. The number of primary amides is 1. The lowest BCUT2D eigenvalue weighted by atomic mass is 10.1. The normalized spacial score (nSPS) is 11.8. The van der Waals surface area contributed by atoms with Crippen LogP contribution in [0, 0.1) is 5.92 Å². The first-order chi connectivity index (χ1) is 6.90. The van der Waals surface area contributed by atoms with Gasteiger partial charge < -0.3 is 16.0 Å². The zero-order valence-electron chi connectivity index (χ0n) is 9.44. The van der Waals surface area contributed by atoms with E-state index in [0.29, 0.717) is 31.1 Å². The quantitative estimate of drug-likeness (QED) is 0.584. The van der Waals surface area contributed by atoms with Gasteiger partial charge in [-0.15, -0.1) is 0 Å². The summed E-state index contributed by atoms with van der Waals surface area (Å²) >= 11 is -1.65. The van der Waals surface area contributed by atoms with E-state index in [1.807, 2.05) is 0 Å². The molecule has 0 rings (SSSR count). The van der Waals surface area contributed by atoms with Crippen molar-refractivity contribution < 1.29 is 13.6 Å². The fourth-order valence-corrected chi connectivity index (χ4v) is 1.05. The standard InChI is InChI=1S/C6H13NO.C3H9NO2S/c1-5(2)3-4-6(7)8;4-2-1-3-7(5)6/h5H,3-4H2,1-2H3,(H2,7,8);1-4H2,(H,5,6). The summed E-state index contributed by atoms with van der Waals surface area (Å²) in [6, 6.07) is 0. The minimum absolute atomic E-state index is 0.196. The molecule has 0 heterocycles. The van der Waals surface area contributed by atoms with E-state index < -0.39 is 11.1 Å². The Balaban J connectivity index is 0. The van der Waals surface area contributed by atoms with Crippen molar-refractivity contribution in [3.05, 3.63) is 0 Å². The van der Waals surface area contributed by atoms with E-state index in [1.165, 1.54) is 0 Å². The van der Waals surface area contributed by atoms with E-state index in [-0.39, 0.29) is 5.91 Å². The Kier molecular flexibility index (Phi) is 13.1. The molecule has 0 aliphatic carbocycles. The van der Waals surface area contributed by atoms with Gasteiger partial charge in [0, 0.05) is 6.42 Å². The van der Waals surface area contributed by atoms with Gasteiger partial charge in [-0.25, -0.2) is 4.21 Å². The van der Waals surface area contributed by atoms with Crippen LogP contribution in [0.3, 0.4) is 0 Å². The maximum absolute atomic E-state index is 10.1. The van der Waals surface area contributed by atoms with Crippen LogP contribution in [0.2, 0.25) is 0 Å². The Hall–Kier alpha value is -0.460. The van der Waals surface area contributed by atoms with Gasteiger partial charge in [-0.3, -0.25) is 4.79 Å². The molecule has 0 spiro atoms. The molecule has 0 aromatic carbocycles. The molecular weight excluding hydrogens is 216 g/mol. The number of amides is 1. The summed E-state index contributed by atoms with van der Waals surface area (Å²) in [7, 11) is 0. The van der Waals surface area contributed by atoms with Gasteiger partial charge in [0.15, 0.2) is 11.1 Å². The third kappa shape index (κ3) is 24.7. The zero-order chi connectivity index (χ0) is 12.3. The van der Waals surface area contributed by atoms with Crippen LogP contribution in [0.4, 0.5) is 0 Å². The van der Waals surface area contributed by atoms with Crippen molar-refractivity contribution in [3.63, 3.8) is 0 Å². The number of carbonyl (C=O) groups excluding carboxylic acids is 1. The van der Waals surface area contributed by atoms with E-state index in [9.17, 15) is 9.00 Å². The van der Waals surface area contributed by atoms with Gasteiger partial charge in [0.25, 0.3) is 0 Å². The molecule has 0 aromatic heterocycles. The van der Waals surface area contributed by atoms with Crippen LogP contribution in [-0.2, 0) is 15.9 Å². The first-order valence-electron chi connectivity index (χ1n) is 4.96. The Bertz CT molecular complexity index is 186. The second-order valence-corrected chi connectivity index (χ2v) is 4.62. The van der Waals surface area contributed by atoms with Crippen molar-refractivity contribution in [1.29, 1.82) is 0 Å². The van der Waals surface area contributed by atoms with Gasteiger partial charge in [0.2, 0.25) is 5.91 Å². The maximum atomic E-state index is 10.1. The summed E-state index contributed by atoms with van der Waals surface area (Å²) < 4.78 is 17.9. The summed E-state index contributed by atoms with van der Waals surface area (Å²) in [5.74, 6) is 0.692. The predicted octanol–water partition coefficient (Wildman–Crippen LogP) is 0.465. The first-order valence-corrected chi connectivity index (χ1v) is 6.23. The van der Waals surface area contributed by atoms with Crippen molar-refractivity contribution in [2.45, 2.75) is 33.1 Å². The van der Waals surface area contributed by atoms with Crippen LogP contribution in [-0.4, -0.2) is 27.0 Å². The van der Waals surface area contributed by atoms with E-state index in [4.69, 9.17) is 16.0 Å². The maximum Gasteiger partial charge on any atom is 0.217 e. The largest absolute Gasteiger partial charge is 0.370 e. The molecule has 0 saturated carbocycles. The van der Waals surface area contributed by atoms with Crippen LogP contribution in [0.25, 0.3) is 0 Å². The molecule has 0 fully saturated rings. The van der Waals surface area contributed by atoms with Gasteiger partial charge in [-0.2, -0.15) is 0 Å². The third-order valence-corrected chi connectivity index (χ3v) is 2.13. The Morgan fingerprint density at radius 3 is 2.13 bits per heavy atom. The van der Waals surface area contributed by atoms with Crippen LogP contribution < -0.4 is 11.5 Å². The molecule has 1 amide bonds. The highest BCUT2D eigenvalue weighted by Crippen LogP contribution is 2.01. The molecule has 5 N–H and O–H groups in total. The second-order valence-electron chi connectivity index (χ2n) is 3.57. The minimum Gasteiger partial charge on any atom is -0.370 e. The van der Waals surface area contributed by atoms with Crippen molar-refractivity contribution in [2.24, 2.45) is 17.4 Å². The van der Waals surface area contributed by atoms with Gasteiger partial charge in [0.05, 0.1) is 5.75 Å². The minimum atomic E-state index is -1.65. The monoisotopic (exact) mass is 238 g/mol. The number of hydrogen-bond acceptors (Lipinski definition) is 3. The zero-order valence-corrected chi connectivity index (χ0v) is 10.3. The molecule has 1 atom stereocenters. The van der Waals surface area contributed by atoms with Crippen molar-refractivity contribution in [2.75, 3.05) is 12.3 Å². The highest BCUT2D eigenvalue weighted by atomic mass is 32.2. The Labute approximate surface area is 93.9 Å². The van der Waals surface area contributed by atoms with Gasteiger partial charge >= 0.3 is 0 Å². The molecule has 0 radical (unpaired) electrons. The smallest absolute Gasteiger partial charge is 0.217 e. The van der Waals surface area contributed by atoms with Gasteiger partial charge in [-0.1, -0.05) is 13.8 Å². The molecule has 92 valence electrons. The molecule has 6 heteroatoms. The van der Waals surface area contributed by atoms with Crippen LogP contribution in [0.5, 0.6) is 0 Å². The number of rotatable bonds is 6. The average Bonchev–Trinajstić information content (AvgIpc) is 2.12. The highest BCUT2D eigenvalue weighted by molar-refractivity contribution is 7.79. The molecule has 0 aliphatic rings. The molecular formula is C9H22N2O3S. The van der Waals surface area contributed by atoms with Crippen molar-refractivity contribution in [3.8, 4) is 0 Å². The molecule has 15 heavy (non-hydrogen) atoms. The topological polar surface area (TPSA) is 106 Å². The van der Waals surface area contributed by atoms with Crippen molar-refractivity contribution in [1.82, 2.24) is 0 Å². The Morgan fingerprint density at radius 2 is 2.00 bits per heavy atom. The molecule has 1 unspecified atom stereocenters. The fraction of sp³-hybridized carbons (Fsp3) is 0.889. The van der Waals surface area contributed by atoms with Gasteiger partial charge in [0.1, 0.15) is 0 Å². The summed E-state index contributed by atoms with van der Waals surface area (Å²) in [4.78, 5) is 10.1. The fourth-order valence-electron chi connectivity index (χ4n) is 0.638. The lowest BCUT2D eigenvalue weighted by molar-refractivity contribution is -0.118.